The van der Waals surface area contributed by atoms with E-state index in [9.17, 15) is 14.0 Å². The second-order valence-electron chi connectivity index (χ2n) is 6.25. The van der Waals surface area contributed by atoms with Crippen LogP contribution in [0.25, 0.3) is 0 Å². The lowest BCUT2D eigenvalue weighted by Crippen LogP contribution is -2.28. The Morgan fingerprint density at radius 1 is 1.19 bits per heavy atom. The summed E-state index contributed by atoms with van der Waals surface area (Å²) in [5, 5.41) is 9.56. The highest BCUT2D eigenvalue weighted by molar-refractivity contribution is 6.06. The number of hydrogen-bond acceptors (Lipinski definition) is 4. The van der Waals surface area contributed by atoms with Crippen molar-refractivity contribution in [2.75, 3.05) is 10.6 Å². The molecule has 0 aromatic heterocycles. The van der Waals surface area contributed by atoms with Crippen molar-refractivity contribution in [3.8, 4) is 0 Å². The summed E-state index contributed by atoms with van der Waals surface area (Å²) in [5.41, 5.74) is 3.74. The number of carbonyl (C=O) groups excluding carboxylic acids is 2. The molecule has 26 heavy (non-hydrogen) atoms. The van der Waals surface area contributed by atoms with Crippen LogP contribution in [0.1, 0.15) is 24.0 Å². The van der Waals surface area contributed by atoms with Crippen LogP contribution in [0.5, 0.6) is 0 Å². The fourth-order valence-electron chi connectivity index (χ4n) is 3.01. The summed E-state index contributed by atoms with van der Waals surface area (Å²) in [6.07, 6.45) is 0.664. The highest BCUT2D eigenvalue weighted by Crippen LogP contribution is 2.26. The van der Waals surface area contributed by atoms with Crippen LogP contribution in [0.15, 0.2) is 47.6 Å². The lowest BCUT2D eigenvalue weighted by molar-refractivity contribution is -0.125. The van der Waals surface area contributed by atoms with Gasteiger partial charge in [-0.2, -0.15) is 0 Å². The molecule has 0 fully saturated rings. The summed E-state index contributed by atoms with van der Waals surface area (Å²) >= 11 is 0. The first-order chi connectivity index (χ1) is 12.6. The molecular formula is C19H16FN3O3. The van der Waals surface area contributed by atoms with Crippen LogP contribution >= 0.6 is 0 Å². The van der Waals surface area contributed by atoms with Crippen molar-refractivity contribution in [2.45, 2.75) is 25.4 Å². The number of carbonyl (C=O) groups is 2. The molecule has 0 saturated carbocycles. The van der Waals surface area contributed by atoms with Crippen molar-refractivity contribution in [3.63, 3.8) is 0 Å². The summed E-state index contributed by atoms with van der Waals surface area (Å²) in [4.78, 5) is 29.1. The van der Waals surface area contributed by atoms with Crippen LogP contribution < -0.4 is 10.6 Å². The number of nitrogens with one attached hydrogen (secondary N) is 2. The normalized spacial score (nSPS) is 18.4. The number of oxime groups is 1. The molecule has 0 saturated heterocycles. The van der Waals surface area contributed by atoms with Crippen LogP contribution in [0.3, 0.4) is 0 Å². The minimum Gasteiger partial charge on any atom is -0.382 e. The first kappa shape index (κ1) is 16.3. The maximum atomic E-state index is 13.0. The minimum absolute atomic E-state index is 0.000822. The molecule has 2 aromatic rings. The molecule has 2 aliphatic rings. The van der Waals surface area contributed by atoms with E-state index in [1.165, 1.54) is 12.1 Å². The highest BCUT2D eigenvalue weighted by Gasteiger charge is 2.29. The zero-order chi connectivity index (χ0) is 18.1. The fourth-order valence-corrected chi connectivity index (χ4v) is 3.01. The van der Waals surface area contributed by atoms with Gasteiger partial charge in [-0.1, -0.05) is 17.3 Å². The first-order valence-electron chi connectivity index (χ1n) is 8.31. The molecule has 2 N–H and O–H groups in total. The van der Waals surface area contributed by atoms with Crippen molar-refractivity contribution in [2.24, 2.45) is 5.16 Å². The second kappa shape index (κ2) is 6.59. The predicted molar refractivity (Wildman–Crippen MR) is 94.4 cm³/mol. The molecule has 2 heterocycles. The molecule has 7 heteroatoms. The molecule has 1 unspecified atom stereocenters. The second-order valence-corrected chi connectivity index (χ2v) is 6.25. The van der Waals surface area contributed by atoms with Crippen LogP contribution in [0.4, 0.5) is 15.8 Å². The quantitative estimate of drug-likeness (QED) is 0.890. The molecule has 0 aliphatic carbocycles. The van der Waals surface area contributed by atoms with Gasteiger partial charge < -0.3 is 15.5 Å². The van der Waals surface area contributed by atoms with Gasteiger partial charge >= 0.3 is 0 Å². The number of nitrogens with zero attached hydrogens (tertiary/aromatic N) is 1. The first-order valence-corrected chi connectivity index (χ1v) is 8.31. The number of aryl methyl sites for hydroxylation is 1. The summed E-state index contributed by atoms with van der Waals surface area (Å²) in [5.74, 6) is -0.629. The zero-order valence-electron chi connectivity index (χ0n) is 13.8. The Balaban J connectivity index is 1.40. The maximum Gasteiger partial charge on any atom is 0.268 e. The summed E-state index contributed by atoms with van der Waals surface area (Å²) in [6, 6.07) is 11.3. The van der Waals surface area contributed by atoms with Gasteiger partial charge in [-0.15, -0.1) is 0 Å². The van der Waals surface area contributed by atoms with Crippen molar-refractivity contribution >= 4 is 28.9 Å². The van der Waals surface area contributed by atoms with E-state index in [4.69, 9.17) is 4.84 Å². The Hall–Kier alpha value is -3.22. The fraction of sp³-hybridized carbons (Fsp3) is 0.211. The van der Waals surface area contributed by atoms with E-state index in [0.717, 1.165) is 16.8 Å². The largest absolute Gasteiger partial charge is 0.382 e. The van der Waals surface area contributed by atoms with Gasteiger partial charge in [0.2, 0.25) is 12.0 Å². The molecular weight excluding hydrogens is 337 g/mol. The number of benzene rings is 2. The topological polar surface area (TPSA) is 79.8 Å². The Bertz CT molecular complexity index is 909. The maximum absolute atomic E-state index is 13.0. The Kier molecular flexibility index (Phi) is 4.12. The lowest BCUT2D eigenvalue weighted by Gasteiger charge is -2.18. The van der Waals surface area contributed by atoms with Gasteiger partial charge in [-0.05, 0) is 47.9 Å². The van der Waals surface area contributed by atoms with Gasteiger partial charge in [-0.25, -0.2) is 4.39 Å². The monoisotopic (exact) mass is 353 g/mol. The molecule has 1 atom stereocenters. The molecule has 0 spiro atoms. The third kappa shape index (κ3) is 3.28. The van der Waals surface area contributed by atoms with Crippen LogP contribution in [0, 0.1) is 5.82 Å². The molecule has 0 radical (unpaired) electrons. The van der Waals surface area contributed by atoms with Gasteiger partial charge in [0.25, 0.3) is 5.91 Å². The minimum atomic E-state index is -0.731. The van der Waals surface area contributed by atoms with Gasteiger partial charge in [0.1, 0.15) is 5.82 Å². The Labute approximate surface area is 149 Å². The van der Waals surface area contributed by atoms with E-state index in [1.54, 1.807) is 24.3 Å². The van der Waals surface area contributed by atoms with Gasteiger partial charge in [-0.3, -0.25) is 9.59 Å². The zero-order valence-corrected chi connectivity index (χ0v) is 13.8. The predicted octanol–water partition coefficient (Wildman–Crippen LogP) is 2.84. The standard InChI is InChI=1S/C19H16FN3O3/c20-13-4-1-11(2-5-13)16-10-17(26-23-16)19(25)21-14-6-7-15-12(9-14)3-8-18(24)22-15/h1-2,4-7,9,17H,3,8,10H2,(H,21,25)(H,22,24). The van der Waals surface area contributed by atoms with E-state index in [1.807, 2.05) is 6.07 Å². The SMILES string of the molecule is O=C1CCc2cc(NC(=O)C3CC(c4ccc(F)cc4)=NO3)ccc2N1. The average Bonchev–Trinajstić information content (AvgIpc) is 3.13. The number of halogens is 1. The molecule has 2 amide bonds. The van der Waals surface area contributed by atoms with E-state index in [0.29, 0.717) is 30.7 Å². The summed E-state index contributed by atoms with van der Waals surface area (Å²) < 4.78 is 13.0. The van der Waals surface area contributed by atoms with E-state index in [-0.39, 0.29) is 17.6 Å². The van der Waals surface area contributed by atoms with Crippen LogP contribution in [0.2, 0.25) is 0 Å². The van der Waals surface area contributed by atoms with E-state index < -0.39 is 6.10 Å². The van der Waals surface area contributed by atoms with Gasteiger partial charge in [0, 0.05) is 24.2 Å². The molecule has 2 aliphatic heterocycles. The molecule has 2 aromatic carbocycles. The molecule has 132 valence electrons. The number of hydrogen-bond donors (Lipinski definition) is 2. The summed E-state index contributed by atoms with van der Waals surface area (Å²) in [6.45, 7) is 0. The van der Waals surface area contributed by atoms with Crippen molar-refractivity contribution < 1.29 is 18.8 Å². The molecule has 0 bridgehead atoms. The molecule has 6 nitrogen and oxygen atoms in total. The Morgan fingerprint density at radius 3 is 2.81 bits per heavy atom. The smallest absolute Gasteiger partial charge is 0.268 e. The third-order valence-corrected chi connectivity index (χ3v) is 4.41. The number of anilines is 2. The van der Waals surface area contributed by atoms with Crippen LogP contribution in [-0.2, 0) is 20.8 Å². The highest BCUT2D eigenvalue weighted by atomic mass is 19.1. The van der Waals surface area contributed by atoms with E-state index >= 15 is 0 Å². The van der Waals surface area contributed by atoms with Gasteiger partial charge in [0.05, 0.1) is 5.71 Å². The van der Waals surface area contributed by atoms with Gasteiger partial charge in [0.15, 0.2) is 0 Å². The third-order valence-electron chi connectivity index (χ3n) is 4.41. The van der Waals surface area contributed by atoms with Crippen molar-refractivity contribution in [1.29, 1.82) is 0 Å². The lowest BCUT2D eigenvalue weighted by atomic mass is 10.0. The molecule has 4 rings (SSSR count). The Morgan fingerprint density at radius 2 is 2.00 bits per heavy atom. The average molecular weight is 353 g/mol. The van der Waals surface area contributed by atoms with E-state index in [2.05, 4.69) is 15.8 Å². The van der Waals surface area contributed by atoms with Crippen LogP contribution in [-0.4, -0.2) is 23.6 Å². The number of amides is 2. The number of rotatable bonds is 3. The van der Waals surface area contributed by atoms with Crippen molar-refractivity contribution in [1.82, 2.24) is 0 Å². The van der Waals surface area contributed by atoms with Crippen molar-refractivity contribution in [3.05, 3.63) is 59.4 Å². The summed E-state index contributed by atoms with van der Waals surface area (Å²) in [7, 11) is 0. The number of fused-ring (bicyclic) bond motifs is 1.